The number of hydrogen-bond donors (Lipinski definition) is 2. The van der Waals surface area contributed by atoms with Gasteiger partial charge in [-0.25, -0.2) is 0 Å². The zero-order valence-corrected chi connectivity index (χ0v) is 15.6. The van der Waals surface area contributed by atoms with E-state index in [4.69, 9.17) is 11.6 Å². The Bertz CT molecular complexity index is 692. The molecule has 6 heteroatoms. The van der Waals surface area contributed by atoms with Crippen molar-refractivity contribution in [2.45, 2.75) is 24.3 Å². The van der Waals surface area contributed by atoms with Crippen molar-refractivity contribution in [3.63, 3.8) is 0 Å². The third-order valence-electron chi connectivity index (χ3n) is 3.48. The number of thioether (sulfide) groups is 1. The highest BCUT2D eigenvalue weighted by Gasteiger charge is 2.16. The van der Waals surface area contributed by atoms with Gasteiger partial charge < -0.3 is 10.6 Å². The van der Waals surface area contributed by atoms with Gasteiger partial charge in [0.15, 0.2) is 0 Å². The maximum atomic E-state index is 12.2. The van der Waals surface area contributed by atoms with E-state index in [1.807, 2.05) is 54.6 Å². The molecule has 0 heterocycles. The first-order valence-corrected chi connectivity index (χ1v) is 9.38. The van der Waals surface area contributed by atoms with Crippen LogP contribution in [0.25, 0.3) is 0 Å². The summed E-state index contributed by atoms with van der Waals surface area (Å²) in [4.78, 5) is 24.7. The molecule has 0 spiro atoms. The molecule has 1 atom stereocenters. The van der Waals surface area contributed by atoms with E-state index in [0.29, 0.717) is 11.6 Å². The van der Waals surface area contributed by atoms with Gasteiger partial charge in [0.05, 0.1) is 12.5 Å². The molecule has 0 aliphatic heterocycles. The maximum Gasteiger partial charge on any atom is 0.222 e. The summed E-state index contributed by atoms with van der Waals surface area (Å²) in [6.07, 6.45) is 0.217. The van der Waals surface area contributed by atoms with Crippen molar-refractivity contribution in [2.24, 2.45) is 0 Å². The number of carbonyl (C=O) groups excluding carboxylic acids is 2. The molecule has 25 heavy (non-hydrogen) atoms. The van der Waals surface area contributed by atoms with E-state index in [0.717, 1.165) is 16.2 Å². The minimum absolute atomic E-state index is 0.0840. The highest BCUT2D eigenvalue weighted by molar-refractivity contribution is 7.99. The zero-order valence-electron chi connectivity index (χ0n) is 14.0. The number of benzene rings is 2. The lowest BCUT2D eigenvalue weighted by Crippen LogP contribution is -2.33. The summed E-state index contributed by atoms with van der Waals surface area (Å²) in [5, 5.41) is 6.44. The van der Waals surface area contributed by atoms with Crippen LogP contribution in [0.4, 0.5) is 0 Å². The Morgan fingerprint density at radius 2 is 1.76 bits per heavy atom. The van der Waals surface area contributed by atoms with Gasteiger partial charge in [0, 0.05) is 29.1 Å². The summed E-state index contributed by atoms with van der Waals surface area (Å²) in [5.74, 6) is 0.531. The van der Waals surface area contributed by atoms with Crippen molar-refractivity contribution in [3.8, 4) is 0 Å². The number of amides is 2. The third-order valence-corrected chi connectivity index (χ3v) is 4.74. The summed E-state index contributed by atoms with van der Waals surface area (Å²) in [5.41, 5.74) is 0.920. The molecule has 0 saturated heterocycles. The van der Waals surface area contributed by atoms with E-state index < -0.39 is 0 Å². The van der Waals surface area contributed by atoms with Crippen molar-refractivity contribution in [1.82, 2.24) is 10.6 Å². The molecule has 0 saturated carbocycles. The van der Waals surface area contributed by atoms with E-state index >= 15 is 0 Å². The average molecular weight is 377 g/mol. The van der Waals surface area contributed by atoms with Crippen LogP contribution >= 0.6 is 23.4 Å². The van der Waals surface area contributed by atoms with E-state index in [2.05, 4.69) is 10.6 Å². The second-order valence-electron chi connectivity index (χ2n) is 5.52. The van der Waals surface area contributed by atoms with Gasteiger partial charge in [-0.15, -0.1) is 11.8 Å². The lowest BCUT2D eigenvalue weighted by molar-refractivity contribution is -0.122. The minimum atomic E-state index is -0.317. The number of carbonyl (C=O) groups is 2. The Labute approximate surface area is 157 Å². The summed E-state index contributed by atoms with van der Waals surface area (Å²) in [7, 11) is 0. The van der Waals surface area contributed by atoms with Crippen molar-refractivity contribution >= 4 is 35.2 Å². The van der Waals surface area contributed by atoms with Crippen molar-refractivity contribution in [2.75, 3.05) is 12.3 Å². The third kappa shape index (κ3) is 7.20. The molecule has 0 radical (unpaired) electrons. The van der Waals surface area contributed by atoms with Gasteiger partial charge >= 0.3 is 0 Å². The topological polar surface area (TPSA) is 58.2 Å². The summed E-state index contributed by atoms with van der Waals surface area (Å²) in [6.45, 7) is 2.02. The molecule has 2 aromatic carbocycles. The Morgan fingerprint density at radius 1 is 1.08 bits per heavy atom. The molecule has 1 unspecified atom stereocenters. The van der Waals surface area contributed by atoms with Gasteiger partial charge in [0.1, 0.15) is 0 Å². The molecule has 2 aromatic rings. The van der Waals surface area contributed by atoms with Crippen molar-refractivity contribution < 1.29 is 9.59 Å². The predicted octanol–water partition coefficient (Wildman–Crippen LogP) is 3.82. The van der Waals surface area contributed by atoms with E-state index in [1.165, 1.54) is 6.92 Å². The number of rotatable bonds is 8. The lowest BCUT2D eigenvalue weighted by Gasteiger charge is -2.18. The molecule has 2 amide bonds. The van der Waals surface area contributed by atoms with Gasteiger partial charge in [-0.05, 0) is 29.8 Å². The number of hydrogen-bond acceptors (Lipinski definition) is 3. The Hall–Kier alpha value is -1.98. The van der Waals surface area contributed by atoms with Crippen LogP contribution in [0, 0.1) is 0 Å². The van der Waals surface area contributed by atoms with Crippen LogP contribution in [-0.2, 0) is 9.59 Å². The van der Waals surface area contributed by atoms with E-state index in [1.54, 1.807) is 11.8 Å². The maximum absolute atomic E-state index is 12.2. The van der Waals surface area contributed by atoms with Gasteiger partial charge in [0.25, 0.3) is 0 Å². The van der Waals surface area contributed by atoms with Gasteiger partial charge in [-0.3, -0.25) is 9.59 Å². The van der Waals surface area contributed by atoms with Crippen LogP contribution in [0.3, 0.4) is 0 Å². The molecule has 0 aliphatic rings. The zero-order chi connectivity index (χ0) is 18.1. The summed E-state index contributed by atoms with van der Waals surface area (Å²) >= 11 is 7.51. The Morgan fingerprint density at radius 3 is 2.40 bits per heavy atom. The fraction of sp³-hybridized carbons (Fsp3) is 0.263. The van der Waals surface area contributed by atoms with Crippen LogP contribution in [0.15, 0.2) is 59.5 Å². The second-order valence-corrected chi connectivity index (χ2v) is 7.13. The first kappa shape index (κ1) is 19.3. The smallest absolute Gasteiger partial charge is 0.222 e. The largest absolute Gasteiger partial charge is 0.355 e. The SMILES string of the molecule is CC(=O)NC(CC(=O)NCCSc1ccc(Cl)cc1)c1ccccc1. The molecule has 2 rings (SSSR count). The fourth-order valence-electron chi connectivity index (χ4n) is 2.33. The average Bonchev–Trinajstić information content (AvgIpc) is 2.60. The highest BCUT2D eigenvalue weighted by atomic mass is 35.5. The van der Waals surface area contributed by atoms with Crippen LogP contribution in [0.5, 0.6) is 0 Å². The standard InChI is InChI=1S/C19H21ClN2O2S/c1-14(23)22-18(15-5-3-2-4-6-15)13-19(24)21-11-12-25-17-9-7-16(20)8-10-17/h2-10,18H,11-13H2,1H3,(H,21,24)(H,22,23). The molecular weight excluding hydrogens is 356 g/mol. The van der Waals surface area contributed by atoms with Crippen molar-refractivity contribution in [1.29, 1.82) is 0 Å². The Balaban J connectivity index is 1.78. The van der Waals surface area contributed by atoms with Crippen molar-refractivity contribution in [3.05, 3.63) is 65.2 Å². The van der Waals surface area contributed by atoms with Crippen LogP contribution in [0.1, 0.15) is 24.9 Å². The highest BCUT2D eigenvalue weighted by Crippen LogP contribution is 2.20. The van der Waals surface area contributed by atoms with E-state index in [9.17, 15) is 9.59 Å². The number of halogens is 1. The monoisotopic (exact) mass is 376 g/mol. The first-order valence-electron chi connectivity index (χ1n) is 8.01. The van der Waals surface area contributed by atoms with E-state index in [-0.39, 0.29) is 24.3 Å². The van der Waals surface area contributed by atoms with Gasteiger partial charge in [-0.1, -0.05) is 41.9 Å². The quantitative estimate of drug-likeness (QED) is 0.544. The molecule has 4 nitrogen and oxygen atoms in total. The summed E-state index contributed by atoms with van der Waals surface area (Å²) in [6, 6.07) is 16.8. The molecule has 0 aliphatic carbocycles. The summed E-state index contributed by atoms with van der Waals surface area (Å²) < 4.78 is 0. The van der Waals surface area contributed by atoms with Gasteiger partial charge in [-0.2, -0.15) is 0 Å². The second kappa shape index (κ2) is 10.1. The molecule has 2 N–H and O–H groups in total. The molecule has 132 valence electrons. The normalized spacial score (nSPS) is 11.6. The van der Waals surface area contributed by atoms with Crippen LogP contribution in [-0.4, -0.2) is 24.1 Å². The minimum Gasteiger partial charge on any atom is -0.355 e. The molecular formula is C19H21ClN2O2S. The van der Waals surface area contributed by atoms with Crippen LogP contribution in [0.2, 0.25) is 5.02 Å². The van der Waals surface area contributed by atoms with Crippen LogP contribution < -0.4 is 10.6 Å². The first-order chi connectivity index (χ1) is 12.0. The number of nitrogens with one attached hydrogen (secondary N) is 2. The molecule has 0 bridgehead atoms. The molecule has 0 fully saturated rings. The van der Waals surface area contributed by atoms with Gasteiger partial charge in [0.2, 0.25) is 11.8 Å². The predicted molar refractivity (Wildman–Crippen MR) is 103 cm³/mol. The fourth-order valence-corrected chi connectivity index (χ4v) is 3.22. The lowest BCUT2D eigenvalue weighted by atomic mass is 10.0. The molecule has 0 aromatic heterocycles. The Kier molecular flexibility index (Phi) is 7.82.